The van der Waals surface area contributed by atoms with E-state index in [9.17, 15) is 4.39 Å². The summed E-state index contributed by atoms with van der Waals surface area (Å²) in [4.78, 5) is 4.31. The Morgan fingerprint density at radius 2 is 1.90 bits per heavy atom. The molecule has 5 heteroatoms. The zero-order valence-electron chi connectivity index (χ0n) is 11.2. The molecule has 0 aliphatic heterocycles. The van der Waals surface area contributed by atoms with Crippen LogP contribution in [0.5, 0.6) is 0 Å². The van der Waals surface area contributed by atoms with Crippen LogP contribution in [0.25, 0.3) is 22.8 Å². The molecule has 1 heterocycles. The van der Waals surface area contributed by atoms with Crippen molar-refractivity contribution in [2.45, 2.75) is 6.92 Å². The lowest BCUT2D eigenvalue weighted by atomic mass is 10.1. The molecule has 2 aromatic carbocycles. The summed E-state index contributed by atoms with van der Waals surface area (Å²) in [5.41, 5.74) is 2.75. The molecule has 0 fully saturated rings. The number of hydrogen-bond acceptors (Lipinski definition) is 4. The summed E-state index contributed by atoms with van der Waals surface area (Å²) in [5.74, 6) is 0.470. The zero-order valence-corrected chi connectivity index (χ0v) is 11.2. The quantitative estimate of drug-likeness (QED) is 0.717. The highest BCUT2D eigenvalue weighted by atomic mass is 19.1. The molecule has 0 atom stereocenters. The van der Waals surface area contributed by atoms with Crippen molar-refractivity contribution in [1.29, 1.82) is 5.26 Å². The van der Waals surface area contributed by atoms with Gasteiger partial charge in [-0.3, -0.25) is 0 Å². The van der Waals surface area contributed by atoms with Gasteiger partial charge in [-0.1, -0.05) is 5.16 Å². The molecule has 0 bridgehead atoms. The van der Waals surface area contributed by atoms with Crippen LogP contribution in [0.3, 0.4) is 0 Å². The van der Waals surface area contributed by atoms with E-state index < -0.39 is 0 Å². The van der Waals surface area contributed by atoms with Crippen LogP contribution < -0.4 is 0 Å². The maximum absolute atomic E-state index is 13.1. The summed E-state index contributed by atoms with van der Waals surface area (Å²) in [5, 5.41) is 12.7. The fourth-order valence-corrected chi connectivity index (χ4v) is 2.02. The molecule has 21 heavy (non-hydrogen) atoms. The summed E-state index contributed by atoms with van der Waals surface area (Å²) in [6.45, 7) is 1.79. The molecule has 0 unspecified atom stereocenters. The van der Waals surface area contributed by atoms with Crippen LogP contribution >= 0.6 is 0 Å². The predicted octanol–water partition coefficient (Wildman–Crippen LogP) is 3.72. The number of nitrogens with zero attached hydrogens (tertiary/aromatic N) is 3. The first kappa shape index (κ1) is 13.0. The third-order valence-corrected chi connectivity index (χ3v) is 3.12. The first-order chi connectivity index (χ1) is 10.2. The molecule has 3 rings (SSSR count). The van der Waals surface area contributed by atoms with Gasteiger partial charge < -0.3 is 4.52 Å². The number of aromatic nitrogens is 2. The van der Waals surface area contributed by atoms with Crippen LogP contribution in [0.1, 0.15) is 11.1 Å². The molecular formula is C16H10FN3O. The van der Waals surface area contributed by atoms with Crippen LogP contribution in [-0.4, -0.2) is 10.1 Å². The molecule has 3 aromatic rings. The monoisotopic (exact) mass is 279 g/mol. The lowest BCUT2D eigenvalue weighted by molar-refractivity contribution is 0.432. The Bertz CT molecular complexity index is 831. The largest absolute Gasteiger partial charge is 0.334 e. The minimum absolute atomic E-state index is 0.299. The zero-order chi connectivity index (χ0) is 14.8. The normalized spacial score (nSPS) is 10.3. The van der Waals surface area contributed by atoms with Crippen LogP contribution in [0.15, 0.2) is 47.0 Å². The van der Waals surface area contributed by atoms with Crippen molar-refractivity contribution in [1.82, 2.24) is 10.1 Å². The second-order valence-electron chi connectivity index (χ2n) is 4.57. The third kappa shape index (κ3) is 2.51. The first-order valence-electron chi connectivity index (χ1n) is 6.28. The molecule has 0 N–H and O–H groups in total. The molecule has 0 saturated carbocycles. The maximum Gasteiger partial charge on any atom is 0.258 e. The fourth-order valence-electron chi connectivity index (χ4n) is 2.02. The first-order valence-corrected chi connectivity index (χ1v) is 6.28. The van der Waals surface area contributed by atoms with Gasteiger partial charge in [0.15, 0.2) is 0 Å². The van der Waals surface area contributed by atoms with Crippen molar-refractivity contribution < 1.29 is 8.91 Å². The number of benzene rings is 2. The van der Waals surface area contributed by atoms with Gasteiger partial charge in [0, 0.05) is 11.1 Å². The Kier molecular flexibility index (Phi) is 3.20. The van der Waals surface area contributed by atoms with Gasteiger partial charge in [0.1, 0.15) is 5.82 Å². The van der Waals surface area contributed by atoms with E-state index >= 15 is 0 Å². The molecule has 4 nitrogen and oxygen atoms in total. The SMILES string of the molecule is Cc1cc(F)ccc1-c1noc(-c2ccc(C#N)cc2)n1. The molecule has 1 aromatic heterocycles. The second-order valence-corrected chi connectivity index (χ2v) is 4.57. The average Bonchev–Trinajstić information content (AvgIpc) is 2.97. The topological polar surface area (TPSA) is 62.7 Å². The van der Waals surface area contributed by atoms with Crippen molar-refractivity contribution in [3.8, 4) is 28.9 Å². The van der Waals surface area contributed by atoms with Gasteiger partial charge in [-0.25, -0.2) is 4.39 Å². The number of aryl methyl sites for hydroxylation is 1. The number of rotatable bonds is 2. The summed E-state index contributed by atoms with van der Waals surface area (Å²) >= 11 is 0. The molecule has 0 aliphatic carbocycles. The minimum Gasteiger partial charge on any atom is -0.334 e. The Labute approximate surface area is 120 Å². The van der Waals surface area contributed by atoms with Crippen LogP contribution in [-0.2, 0) is 0 Å². The van der Waals surface area contributed by atoms with Gasteiger partial charge in [-0.15, -0.1) is 0 Å². The van der Waals surface area contributed by atoms with Gasteiger partial charge in [-0.05, 0) is 55.0 Å². The lowest BCUT2D eigenvalue weighted by Gasteiger charge is -1.99. The molecule has 0 amide bonds. The van der Waals surface area contributed by atoms with Gasteiger partial charge >= 0.3 is 0 Å². The smallest absolute Gasteiger partial charge is 0.258 e. The molecule has 0 radical (unpaired) electrons. The van der Waals surface area contributed by atoms with Crippen LogP contribution in [0, 0.1) is 24.1 Å². The average molecular weight is 279 g/mol. The van der Waals surface area contributed by atoms with E-state index in [0.717, 1.165) is 16.7 Å². The summed E-state index contributed by atoms with van der Waals surface area (Å²) < 4.78 is 18.3. The van der Waals surface area contributed by atoms with Crippen LogP contribution in [0.2, 0.25) is 0 Å². The van der Waals surface area contributed by atoms with E-state index in [-0.39, 0.29) is 5.82 Å². The summed E-state index contributed by atoms with van der Waals surface area (Å²) in [6, 6.07) is 13.3. The minimum atomic E-state index is -0.299. The summed E-state index contributed by atoms with van der Waals surface area (Å²) in [6.07, 6.45) is 0. The van der Waals surface area contributed by atoms with Crippen molar-refractivity contribution >= 4 is 0 Å². The van der Waals surface area contributed by atoms with Gasteiger partial charge in [-0.2, -0.15) is 10.2 Å². The van der Waals surface area contributed by atoms with Crippen molar-refractivity contribution in [3.05, 3.63) is 59.4 Å². The standard InChI is InChI=1S/C16H10FN3O/c1-10-8-13(17)6-7-14(10)15-19-16(21-20-15)12-4-2-11(9-18)3-5-12/h2-8H,1H3. The molecular weight excluding hydrogens is 269 g/mol. The van der Waals surface area contributed by atoms with Crippen LogP contribution in [0.4, 0.5) is 4.39 Å². The maximum atomic E-state index is 13.1. The van der Waals surface area contributed by atoms with E-state index in [1.54, 1.807) is 37.3 Å². The number of halogens is 1. The molecule has 0 aliphatic rings. The van der Waals surface area contributed by atoms with E-state index in [1.807, 2.05) is 6.07 Å². The van der Waals surface area contributed by atoms with Crippen molar-refractivity contribution in [3.63, 3.8) is 0 Å². The Morgan fingerprint density at radius 1 is 1.14 bits per heavy atom. The van der Waals surface area contributed by atoms with Crippen molar-refractivity contribution in [2.75, 3.05) is 0 Å². The Balaban J connectivity index is 1.97. The molecule has 0 spiro atoms. The second kappa shape index (κ2) is 5.17. The highest BCUT2D eigenvalue weighted by molar-refractivity contribution is 5.63. The highest BCUT2D eigenvalue weighted by Crippen LogP contribution is 2.25. The van der Waals surface area contributed by atoms with E-state index in [0.29, 0.717) is 17.3 Å². The van der Waals surface area contributed by atoms with E-state index in [4.69, 9.17) is 9.78 Å². The lowest BCUT2D eigenvalue weighted by Crippen LogP contribution is -1.87. The third-order valence-electron chi connectivity index (χ3n) is 3.12. The van der Waals surface area contributed by atoms with E-state index in [1.165, 1.54) is 12.1 Å². The predicted molar refractivity (Wildman–Crippen MR) is 74.6 cm³/mol. The number of hydrogen-bond donors (Lipinski definition) is 0. The van der Waals surface area contributed by atoms with E-state index in [2.05, 4.69) is 10.1 Å². The Morgan fingerprint density at radius 3 is 2.57 bits per heavy atom. The van der Waals surface area contributed by atoms with Gasteiger partial charge in [0.2, 0.25) is 5.82 Å². The summed E-state index contributed by atoms with van der Waals surface area (Å²) in [7, 11) is 0. The Hall–Kier alpha value is -3.00. The van der Waals surface area contributed by atoms with Gasteiger partial charge in [0.05, 0.1) is 11.6 Å². The fraction of sp³-hybridized carbons (Fsp3) is 0.0625. The number of nitriles is 1. The molecule has 0 saturated heterocycles. The highest BCUT2D eigenvalue weighted by Gasteiger charge is 2.12. The van der Waals surface area contributed by atoms with Gasteiger partial charge in [0.25, 0.3) is 5.89 Å². The van der Waals surface area contributed by atoms with Crippen molar-refractivity contribution in [2.24, 2.45) is 0 Å². The molecule has 102 valence electrons.